The van der Waals surface area contributed by atoms with Crippen LogP contribution in [0.5, 0.6) is 0 Å². The molecule has 0 bridgehead atoms. The number of aromatic nitrogens is 2. The minimum Gasteiger partial charge on any atom is -0.384 e. The van der Waals surface area contributed by atoms with Gasteiger partial charge in [0.25, 0.3) is 0 Å². The van der Waals surface area contributed by atoms with Gasteiger partial charge in [0, 0.05) is 21.1 Å². The SMILES string of the molecule is N#CC1=C(N)Nc2cc(-c3ccc(Cl)cc3)nn2C1c1cccc(Br)c1. The highest BCUT2D eigenvalue weighted by atomic mass is 79.9. The first kappa shape index (κ1) is 16.7. The number of halogens is 2. The molecule has 128 valence electrons. The number of anilines is 1. The van der Waals surface area contributed by atoms with Gasteiger partial charge in [0.15, 0.2) is 0 Å². The van der Waals surface area contributed by atoms with Gasteiger partial charge in [-0.25, -0.2) is 4.68 Å². The molecule has 1 aliphatic rings. The molecule has 0 radical (unpaired) electrons. The number of hydrogen-bond acceptors (Lipinski definition) is 4. The third kappa shape index (κ3) is 2.85. The van der Waals surface area contributed by atoms with E-state index in [2.05, 4.69) is 27.3 Å². The molecule has 0 spiro atoms. The Morgan fingerprint density at radius 3 is 2.65 bits per heavy atom. The van der Waals surface area contributed by atoms with Crippen LogP contribution >= 0.6 is 27.5 Å². The number of allylic oxidation sites excluding steroid dienone is 1. The molecule has 26 heavy (non-hydrogen) atoms. The number of nitrogens with zero attached hydrogens (tertiary/aromatic N) is 3. The van der Waals surface area contributed by atoms with Gasteiger partial charge in [-0.15, -0.1) is 0 Å². The summed E-state index contributed by atoms with van der Waals surface area (Å²) in [6.07, 6.45) is 0. The van der Waals surface area contributed by atoms with Crippen molar-refractivity contribution < 1.29 is 0 Å². The molecule has 0 saturated carbocycles. The summed E-state index contributed by atoms with van der Waals surface area (Å²) >= 11 is 9.46. The Bertz CT molecular complexity index is 1060. The zero-order valence-electron chi connectivity index (χ0n) is 13.4. The zero-order valence-corrected chi connectivity index (χ0v) is 15.8. The van der Waals surface area contributed by atoms with E-state index >= 15 is 0 Å². The molecule has 1 aliphatic heterocycles. The maximum absolute atomic E-state index is 9.65. The topological polar surface area (TPSA) is 79.7 Å². The van der Waals surface area contributed by atoms with Crippen LogP contribution in [0.15, 0.2) is 70.5 Å². The van der Waals surface area contributed by atoms with Crippen molar-refractivity contribution in [3.8, 4) is 17.3 Å². The second-order valence-corrected chi connectivity index (χ2v) is 7.24. The van der Waals surface area contributed by atoms with Gasteiger partial charge >= 0.3 is 0 Å². The zero-order chi connectivity index (χ0) is 18.3. The van der Waals surface area contributed by atoms with E-state index in [1.165, 1.54) is 0 Å². The summed E-state index contributed by atoms with van der Waals surface area (Å²) in [6, 6.07) is 19.0. The molecule has 1 unspecified atom stereocenters. The standard InChI is InChI=1S/C19H13BrClN5/c20-13-3-1-2-12(8-13)18-15(10-22)19(23)24-17-9-16(25-26(17)18)11-4-6-14(21)7-5-11/h1-9,18,24H,23H2. The molecular formula is C19H13BrClN5. The van der Waals surface area contributed by atoms with Gasteiger partial charge in [-0.3, -0.25) is 0 Å². The van der Waals surface area contributed by atoms with Crippen molar-refractivity contribution in [1.29, 1.82) is 5.26 Å². The molecule has 3 N–H and O–H groups in total. The van der Waals surface area contributed by atoms with Gasteiger partial charge in [0.2, 0.25) is 0 Å². The summed E-state index contributed by atoms with van der Waals surface area (Å²) in [5.41, 5.74) is 9.18. The molecule has 4 rings (SSSR count). The van der Waals surface area contributed by atoms with Gasteiger partial charge in [0.05, 0.1) is 11.3 Å². The predicted molar refractivity (Wildman–Crippen MR) is 105 cm³/mol. The van der Waals surface area contributed by atoms with Gasteiger partial charge in [-0.05, 0) is 29.8 Å². The van der Waals surface area contributed by atoms with Crippen LogP contribution in [0.1, 0.15) is 11.6 Å². The van der Waals surface area contributed by atoms with Gasteiger partial charge < -0.3 is 11.1 Å². The van der Waals surface area contributed by atoms with E-state index in [0.717, 1.165) is 27.1 Å². The molecule has 0 amide bonds. The second kappa shape index (κ2) is 6.52. The summed E-state index contributed by atoms with van der Waals surface area (Å²) in [7, 11) is 0. The van der Waals surface area contributed by atoms with E-state index in [-0.39, 0.29) is 0 Å². The van der Waals surface area contributed by atoms with Crippen LogP contribution in [0.3, 0.4) is 0 Å². The lowest BCUT2D eigenvalue weighted by Gasteiger charge is -2.26. The first-order valence-corrected chi connectivity index (χ1v) is 9.01. The van der Waals surface area contributed by atoms with Crippen molar-refractivity contribution in [3.05, 3.63) is 81.1 Å². The average molecular weight is 427 g/mol. The largest absolute Gasteiger partial charge is 0.384 e. The second-order valence-electron chi connectivity index (χ2n) is 5.89. The van der Waals surface area contributed by atoms with E-state index in [0.29, 0.717) is 16.4 Å². The average Bonchev–Trinajstić information content (AvgIpc) is 3.04. The summed E-state index contributed by atoms with van der Waals surface area (Å²) in [5.74, 6) is 1.07. The Morgan fingerprint density at radius 1 is 1.19 bits per heavy atom. The Hall–Kier alpha value is -2.75. The smallest absolute Gasteiger partial charge is 0.131 e. The Morgan fingerprint density at radius 2 is 1.96 bits per heavy atom. The summed E-state index contributed by atoms with van der Waals surface area (Å²) in [6.45, 7) is 0. The number of hydrogen-bond donors (Lipinski definition) is 2. The number of nitriles is 1. The molecule has 2 heterocycles. The van der Waals surface area contributed by atoms with E-state index in [1.807, 2.05) is 54.6 Å². The molecule has 5 nitrogen and oxygen atoms in total. The molecule has 3 aromatic rings. The number of nitrogens with two attached hydrogens (primary N) is 1. The molecule has 2 aromatic carbocycles. The molecule has 1 atom stereocenters. The maximum Gasteiger partial charge on any atom is 0.131 e. The number of nitrogens with one attached hydrogen (secondary N) is 1. The van der Waals surface area contributed by atoms with Gasteiger partial charge in [0.1, 0.15) is 23.7 Å². The lowest BCUT2D eigenvalue weighted by Crippen LogP contribution is -2.28. The van der Waals surface area contributed by atoms with Crippen molar-refractivity contribution >= 4 is 33.3 Å². The van der Waals surface area contributed by atoms with Crippen LogP contribution in [0.2, 0.25) is 5.02 Å². The highest BCUT2D eigenvalue weighted by Crippen LogP contribution is 2.37. The molecule has 0 aliphatic carbocycles. The van der Waals surface area contributed by atoms with Crippen molar-refractivity contribution in [2.45, 2.75) is 6.04 Å². The third-order valence-electron chi connectivity index (χ3n) is 4.23. The normalized spacial score (nSPS) is 16.0. The molecule has 0 fully saturated rings. The number of rotatable bonds is 2. The van der Waals surface area contributed by atoms with Crippen molar-refractivity contribution in [1.82, 2.24) is 9.78 Å². The van der Waals surface area contributed by atoms with Crippen LogP contribution in [0.25, 0.3) is 11.3 Å². The third-order valence-corrected chi connectivity index (χ3v) is 4.98. The molecular weight excluding hydrogens is 414 g/mol. The van der Waals surface area contributed by atoms with Gasteiger partial charge in [-0.2, -0.15) is 10.4 Å². The minimum atomic E-state index is -0.394. The van der Waals surface area contributed by atoms with Crippen LogP contribution in [-0.4, -0.2) is 9.78 Å². The minimum absolute atomic E-state index is 0.340. The summed E-state index contributed by atoms with van der Waals surface area (Å²) in [5, 5.41) is 18.1. The van der Waals surface area contributed by atoms with Crippen LogP contribution in [0.4, 0.5) is 5.82 Å². The molecule has 1 aromatic heterocycles. The molecule has 7 heteroatoms. The first-order chi connectivity index (χ1) is 12.6. The monoisotopic (exact) mass is 425 g/mol. The Balaban J connectivity index is 1.87. The fourth-order valence-electron chi connectivity index (χ4n) is 3.03. The Labute approximate surface area is 163 Å². The lowest BCUT2D eigenvalue weighted by molar-refractivity contribution is 0.588. The fraction of sp³-hybridized carbons (Fsp3) is 0.0526. The van der Waals surface area contributed by atoms with Crippen LogP contribution in [0, 0.1) is 11.3 Å². The van der Waals surface area contributed by atoms with Crippen molar-refractivity contribution in [2.24, 2.45) is 5.73 Å². The number of fused-ring (bicyclic) bond motifs is 1. The van der Waals surface area contributed by atoms with Crippen LogP contribution < -0.4 is 11.1 Å². The van der Waals surface area contributed by atoms with E-state index in [4.69, 9.17) is 22.4 Å². The van der Waals surface area contributed by atoms with E-state index in [9.17, 15) is 5.26 Å². The first-order valence-electron chi connectivity index (χ1n) is 7.84. The highest BCUT2D eigenvalue weighted by Gasteiger charge is 2.30. The van der Waals surface area contributed by atoms with E-state index in [1.54, 1.807) is 4.68 Å². The van der Waals surface area contributed by atoms with Crippen LogP contribution in [-0.2, 0) is 0 Å². The summed E-state index contributed by atoms with van der Waals surface area (Å²) in [4.78, 5) is 0. The van der Waals surface area contributed by atoms with Gasteiger partial charge in [-0.1, -0.05) is 51.8 Å². The van der Waals surface area contributed by atoms with E-state index < -0.39 is 6.04 Å². The Kier molecular flexibility index (Phi) is 4.19. The lowest BCUT2D eigenvalue weighted by atomic mass is 9.98. The molecule has 0 saturated heterocycles. The fourth-order valence-corrected chi connectivity index (χ4v) is 3.57. The summed E-state index contributed by atoms with van der Waals surface area (Å²) < 4.78 is 2.72. The van der Waals surface area contributed by atoms with Crippen molar-refractivity contribution in [2.75, 3.05) is 5.32 Å². The highest BCUT2D eigenvalue weighted by molar-refractivity contribution is 9.10. The maximum atomic E-state index is 9.65. The predicted octanol–water partition coefficient (Wildman–Crippen LogP) is 4.67. The van der Waals surface area contributed by atoms with Crippen molar-refractivity contribution in [3.63, 3.8) is 0 Å². The quantitative estimate of drug-likeness (QED) is 0.624. The number of benzene rings is 2.